The minimum atomic E-state index is -0.300. The molecule has 0 aliphatic carbocycles. The molecule has 5 rings (SSSR count). The van der Waals surface area contributed by atoms with Gasteiger partial charge in [-0.2, -0.15) is 5.10 Å². The second-order valence-electron chi connectivity index (χ2n) is 7.82. The predicted molar refractivity (Wildman–Crippen MR) is 133 cm³/mol. The molecule has 0 unspecified atom stereocenters. The van der Waals surface area contributed by atoms with Crippen LogP contribution in [0.25, 0.3) is 21.3 Å². The molecule has 9 nitrogen and oxygen atoms in total. The molecular formula is C23H22N6O3S2. The smallest absolute Gasteiger partial charge is 0.261 e. The fraction of sp³-hybridized carbons (Fsp3) is 0.261. The van der Waals surface area contributed by atoms with E-state index < -0.39 is 0 Å². The minimum absolute atomic E-state index is 0.300. The van der Waals surface area contributed by atoms with Gasteiger partial charge in [0.25, 0.3) is 5.91 Å². The number of hydrogen-bond donors (Lipinski definition) is 1. The number of thiazole rings is 1. The van der Waals surface area contributed by atoms with Crippen LogP contribution in [0.4, 0.5) is 5.69 Å². The maximum atomic E-state index is 13.1. The number of benzene rings is 1. The highest BCUT2D eigenvalue weighted by Crippen LogP contribution is 2.35. The van der Waals surface area contributed by atoms with Crippen LogP contribution >= 0.6 is 23.1 Å². The third-order valence-electron chi connectivity index (χ3n) is 5.58. The normalized spacial score (nSPS) is 11.4. The number of carbonyl (C=O) groups excluding carboxylic acids is 1. The maximum Gasteiger partial charge on any atom is 0.261 e. The van der Waals surface area contributed by atoms with Gasteiger partial charge < -0.3 is 14.6 Å². The standard InChI is InChI=1S/C23H22N6O3S2/c1-11-16(13(3)32-28-11)10-33-23-26-17-7-6-14(8-18(17)34-23)25-22(30)15-9-24-21-19(20(15)31-5)12(2)27-29(21)4/h6-9H,10H2,1-5H3,(H,25,30). The van der Waals surface area contributed by atoms with E-state index in [-0.39, 0.29) is 5.91 Å². The summed E-state index contributed by atoms with van der Waals surface area (Å²) < 4.78 is 14.4. The number of thioether (sulfide) groups is 1. The summed E-state index contributed by atoms with van der Waals surface area (Å²) in [6.07, 6.45) is 1.52. The maximum absolute atomic E-state index is 13.1. The molecule has 0 aliphatic heterocycles. The molecule has 0 bridgehead atoms. The number of anilines is 1. The third kappa shape index (κ3) is 3.90. The molecule has 1 aromatic carbocycles. The van der Waals surface area contributed by atoms with Gasteiger partial charge >= 0.3 is 0 Å². The number of hydrogen-bond acceptors (Lipinski definition) is 9. The molecule has 0 radical (unpaired) electrons. The van der Waals surface area contributed by atoms with Crippen LogP contribution in [-0.4, -0.2) is 37.9 Å². The third-order valence-corrected chi connectivity index (χ3v) is 7.76. The van der Waals surface area contributed by atoms with Gasteiger partial charge in [0.1, 0.15) is 17.1 Å². The molecule has 0 atom stereocenters. The lowest BCUT2D eigenvalue weighted by Gasteiger charge is -2.10. The van der Waals surface area contributed by atoms with Crippen molar-refractivity contribution in [3.63, 3.8) is 0 Å². The van der Waals surface area contributed by atoms with E-state index in [2.05, 4.69) is 20.6 Å². The van der Waals surface area contributed by atoms with Crippen molar-refractivity contribution in [2.24, 2.45) is 7.05 Å². The Morgan fingerprint density at radius 1 is 1.26 bits per heavy atom. The van der Waals surface area contributed by atoms with Crippen molar-refractivity contribution >= 4 is 55.9 Å². The quantitative estimate of drug-likeness (QED) is 0.327. The number of nitrogens with zero attached hydrogens (tertiary/aromatic N) is 5. The Morgan fingerprint density at radius 3 is 2.82 bits per heavy atom. The van der Waals surface area contributed by atoms with E-state index in [0.717, 1.165) is 48.4 Å². The van der Waals surface area contributed by atoms with E-state index in [1.165, 1.54) is 6.20 Å². The summed E-state index contributed by atoms with van der Waals surface area (Å²) in [6, 6.07) is 5.68. The molecular weight excluding hydrogens is 472 g/mol. The Morgan fingerprint density at radius 2 is 2.09 bits per heavy atom. The van der Waals surface area contributed by atoms with E-state index in [1.54, 1.807) is 34.9 Å². The molecule has 1 N–H and O–H groups in total. The largest absolute Gasteiger partial charge is 0.495 e. The van der Waals surface area contributed by atoms with Crippen LogP contribution in [0.1, 0.15) is 33.1 Å². The van der Waals surface area contributed by atoms with Crippen molar-refractivity contribution in [3.05, 3.63) is 52.7 Å². The number of aromatic nitrogens is 5. The fourth-order valence-electron chi connectivity index (χ4n) is 3.84. The summed E-state index contributed by atoms with van der Waals surface area (Å²) in [6.45, 7) is 5.73. The van der Waals surface area contributed by atoms with Crippen molar-refractivity contribution in [2.45, 2.75) is 30.9 Å². The SMILES string of the molecule is COc1c(C(=O)Nc2ccc3nc(SCc4c(C)noc4C)sc3c2)cnc2c1c(C)nn2C. The number of ether oxygens (including phenoxy) is 1. The number of fused-ring (bicyclic) bond motifs is 2. The van der Waals surface area contributed by atoms with E-state index in [4.69, 9.17) is 14.2 Å². The second kappa shape index (κ2) is 8.73. The van der Waals surface area contributed by atoms with E-state index in [9.17, 15) is 4.79 Å². The van der Waals surface area contributed by atoms with Crippen molar-refractivity contribution in [1.82, 2.24) is 24.9 Å². The number of pyridine rings is 1. The van der Waals surface area contributed by atoms with Gasteiger partial charge in [-0.25, -0.2) is 9.97 Å². The van der Waals surface area contributed by atoms with Gasteiger partial charge in [0.05, 0.1) is 34.1 Å². The average molecular weight is 495 g/mol. The van der Waals surface area contributed by atoms with Gasteiger partial charge in [-0.1, -0.05) is 16.9 Å². The Hall–Kier alpha value is -3.44. The summed E-state index contributed by atoms with van der Waals surface area (Å²) >= 11 is 3.23. The van der Waals surface area contributed by atoms with Gasteiger partial charge in [-0.05, 0) is 39.0 Å². The summed E-state index contributed by atoms with van der Waals surface area (Å²) in [5.74, 6) is 1.74. The van der Waals surface area contributed by atoms with Gasteiger partial charge in [-0.3, -0.25) is 9.48 Å². The molecule has 4 heterocycles. The summed E-state index contributed by atoms with van der Waals surface area (Å²) in [5.41, 5.74) is 5.33. The molecule has 0 saturated heterocycles. The zero-order chi connectivity index (χ0) is 24.0. The molecule has 174 valence electrons. The zero-order valence-electron chi connectivity index (χ0n) is 19.3. The molecule has 5 aromatic rings. The van der Waals surface area contributed by atoms with Crippen molar-refractivity contribution in [1.29, 1.82) is 0 Å². The van der Waals surface area contributed by atoms with Crippen LogP contribution in [0.2, 0.25) is 0 Å². The van der Waals surface area contributed by atoms with Crippen LogP contribution in [0.3, 0.4) is 0 Å². The highest BCUT2D eigenvalue weighted by molar-refractivity contribution is 8.00. The summed E-state index contributed by atoms with van der Waals surface area (Å²) in [4.78, 5) is 22.2. The van der Waals surface area contributed by atoms with Crippen molar-refractivity contribution in [2.75, 3.05) is 12.4 Å². The lowest BCUT2D eigenvalue weighted by Crippen LogP contribution is -2.14. The summed E-state index contributed by atoms with van der Waals surface area (Å²) in [5, 5.41) is 12.1. The molecule has 0 fully saturated rings. The first-order valence-corrected chi connectivity index (χ1v) is 12.3. The average Bonchev–Trinajstić information content (AvgIpc) is 3.46. The number of rotatable bonds is 6. The molecule has 1 amide bonds. The Bertz CT molecular complexity index is 1530. The van der Waals surface area contributed by atoms with Crippen LogP contribution in [-0.2, 0) is 12.8 Å². The lowest BCUT2D eigenvalue weighted by molar-refractivity contribution is 0.102. The highest BCUT2D eigenvalue weighted by Gasteiger charge is 2.21. The number of amides is 1. The van der Waals surface area contributed by atoms with Crippen LogP contribution in [0, 0.1) is 20.8 Å². The van der Waals surface area contributed by atoms with E-state index in [0.29, 0.717) is 22.6 Å². The first-order valence-electron chi connectivity index (χ1n) is 10.5. The van der Waals surface area contributed by atoms with Crippen LogP contribution in [0.5, 0.6) is 5.75 Å². The lowest BCUT2D eigenvalue weighted by atomic mass is 10.1. The van der Waals surface area contributed by atoms with Gasteiger partial charge in [0.15, 0.2) is 9.99 Å². The highest BCUT2D eigenvalue weighted by atomic mass is 32.2. The van der Waals surface area contributed by atoms with E-state index in [1.807, 2.05) is 46.0 Å². The second-order valence-corrected chi connectivity index (χ2v) is 10.1. The molecule has 4 aromatic heterocycles. The number of nitrogens with one attached hydrogen (secondary N) is 1. The summed E-state index contributed by atoms with van der Waals surface area (Å²) in [7, 11) is 3.36. The number of carbonyl (C=O) groups is 1. The molecule has 0 aliphatic rings. The van der Waals surface area contributed by atoms with Crippen LogP contribution in [0.15, 0.2) is 33.3 Å². The first kappa shape index (κ1) is 22.4. The Balaban J connectivity index is 1.38. The van der Waals surface area contributed by atoms with Gasteiger partial charge in [0.2, 0.25) is 0 Å². The number of methoxy groups -OCH3 is 1. The topological polar surface area (TPSA) is 108 Å². The fourth-order valence-corrected chi connectivity index (χ4v) is 6.10. The van der Waals surface area contributed by atoms with Crippen molar-refractivity contribution < 1.29 is 14.1 Å². The predicted octanol–water partition coefficient (Wildman–Crippen LogP) is 5.04. The molecule has 0 spiro atoms. The zero-order valence-corrected chi connectivity index (χ0v) is 20.9. The minimum Gasteiger partial charge on any atom is -0.495 e. The molecule has 0 saturated carbocycles. The van der Waals surface area contributed by atoms with E-state index >= 15 is 0 Å². The molecule has 11 heteroatoms. The Kier molecular flexibility index (Phi) is 5.74. The van der Waals surface area contributed by atoms with Gasteiger partial charge in [-0.15, -0.1) is 11.3 Å². The molecule has 34 heavy (non-hydrogen) atoms. The Labute approximate surface area is 203 Å². The van der Waals surface area contributed by atoms with Crippen LogP contribution < -0.4 is 10.1 Å². The monoisotopic (exact) mass is 494 g/mol. The number of aryl methyl sites for hydroxylation is 4. The first-order chi connectivity index (χ1) is 16.4. The van der Waals surface area contributed by atoms with Gasteiger partial charge in [0, 0.05) is 30.2 Å². The van der Waals surface area contributed by atoms with Crippen molar-refractivity contribution in [3.8, 4) is 5.75 Å².